The summed E-state index contributed by atoms with van der Waals surface area (Å²) < 4.78 is 90.5. The average Bonchev–Trinajstić information content (AvgIpc) is 0.893. The van der Waals surface area contributed by atoms with Crippen molar-refractivity contribution in [3.8, 4) is 6.07 Å². The van der Waals surface area contributed by atoms with E-state index in [0.29, 0.717) is 38.5 Å². The van der Waals surface area contributed by atoms with E-state index in [1.807, 2.05) is 69.2 Å². The van der Waals surface area contributed by atoms with Gasteiger partial charge in [0.15, 0.2) is 18.9 Å². The fourth-order valence-electron chi connectivity index (χ4n) is 13.6. The number of nitriles is 1. The molecule has 4 rings (SSSR count). The Morgan fingerprint density at radius 1 is 0.518 bits per heavy atom. The van der Waals surface area contributed by atoms with Crippen molar-refractivity contribution in [3.05, 3.63) is 0 Å². The lowest BCUT2D eigenvalue weighted by molar-refractivity contribution is -0.275. The minimum atomic E-state index is -1.54. The van der Waals surface area contributed by atoms with Crippen LogP contribution in [0.2, 0.25) is 0 Å². The molecule has 3 heterocycles. The number of Topliss-reactive ketones (excluding diaryl/α,β-unsaturated/α-hetero) is 1. The van der Waals surface area contributed by atoms with Crippen LogP contribution in [0, 0.1) is 46.8 Å². The van der Waals surface area contributed by atoms with Crippen molar-refractivity contribution in [3.63, 3.8) is 0 Å². The number of ketones is 1. The molecule has 0 bridgehead atoms. The van der Waals surface area contributed by atoms with E-state index < -0.39 is 129 Å². The maximum Gasteiger partial charge on any atom is 0.303 e. The largest absolute Gasteiger partial charge is 0.463 e. The first kappa shape index (κ1) is 96.2. The molecule has 34 nitrogen and oxygen atoms in total. The molecule has 0 radical (unpaired) electrons. The second kappa shape index (κ2) is 51.5. The van der Waals surface area contributed by atoms with E-state index >= 15 is 0 Å². The van der Waals surface area contributed by atoms with Crippen LogP contribution in [0.15, 0.2) is 0 Å². The molecule has 110 heavy (non-hydrogen) atoms. The van der Waals surface area contributed by atoms with Crippen LogP contribution in [0.5, 0.6) is 0 Å². The zero-order chi connectivity index (χ0) is 81.6. The van der Waals surface area contributed by atoms with Crippen LogP contribution in [-0.4, -0.2) is 254 Å². The summed E-state index contributed by atoms with van der Waals surface area (Å²) in [7, 11) is -1.54. The van der Waals surface area contributed by atoms with Crippen LogP contribution < -0.4 is 31.9 Å². The normalized spacial score (nSPS) is 26.9. The summed E-state index contributed by atoms with van der Waals surface area (Å²) in [5.74, 6) is -6.66. The molecule has 6 unspecified atom stereocenters. The van der Waals surface area contributed by atoms with Gasteiger partial charge in [-0.1, -0.05) is 41.5 Å². The Morgan fingerprint density at radius 2 is 1.02 bits per heavy atom. The number of carbonyl (C=O) groups is 11. The number of esters is 4. The monoisotopic (exact) mass is 1590 g/mol. The van der Waals surface area contributed by atoms with E-state index in [-0.39, 0.29) is 202 Å². The van der Waals surface area contributed by atoms with Gasteiger partial charge >= 0.3 is 23.9 Å². The molecule has 35 heteroatoms. The summed E-state index contributed by atoms with van der Waals surface area (Å²) in [5.41, 5.74) is 0. The number of carbonyl (C=O) groups excluding carboxylic acids is 11. The van der Waals surface area contributed by atoms with Gasteiger partial charge in [-0.15, -0.1) is 0 Å². The lowest BCUT2D eigenvalue weighted by Gasteiger charge is -2.44. The quantitative estimate of drug-likeness (QED) is 0.0206. The molecule has 3 saturated heterocycles. The van der Waals surface area contributed by atoms with E-state index in [2.05, 4.69) is 42.6 Å². The molecule has 4 aliphatic rings. The Hall–Kier alpha value is -6.19. The van der Waals surface area contributed by atoms with Crippen LogP contribution in [0.1, 0.15) is 188 Å². The summed E-state index contributed by atoms with van der Waals surface area (Å²) in [4.78, 5) is 142. The summed E-state index contributed by atoms with van der Waals surface area (Å²) in [5, 5.41) is 26.2. The van der Waals surface area contributed by atoms with Crippen LogP contribution in [0.25, 0.3) is 0 Å². The number of ether oxygens (including phenoxy) is 13. The van der Waals surface area contributed by atoms with Gasteiger partial charge in [0.25, 0.3) is 8.53 Å². The topological polar surface area (TPSA) is 425 Å². The van der Waals surface area contributed by atoms with Crippen molar-refractivity contribution in [2.75, 3.05) is 92.4 Å². The molecule has 628 valence electrons. The maximum atomic E-state index is 14.3. The lowest BCUT2D eigenvalue weighted by atomic mass is 9.82. The number of nitrogens with zero attached hydrogens (tertiary/aromatic N) is 2. The molecule has 3 aliphatic heterocycles. The highest BCUT2D eigenvalue weighted by atomic mass is 31.2. The fraction of sp³-hybridized carbons (Fsp3) is 0.840. The Balaban J connectivity index is 1.44. The molecular weight excluding hydrogens is 1460 g/mol. The van der Waals surface area contributed by atoms with Crippen molar-refractivity contribution >= 4 is 73.6 Å². The van der Waals surface area contributed by atoms with E-state index in [1.165, 1.54) is 41.5 Å². The van der Waals surface area contributed by atoms with Crippen LogP contribution in [0.4, 0.5) is 0 Å². The van der Waals surface area contributed by atoms with Gasteiger partial charge in [-0.2, -0.15) is 5.26 Å². The van der Waals surface area contributed by atoms with Crippen LogP contribution in [-0.2, 0) is 123 Å². The maximum absolute atomic E-state index is 14.3. The highest BCUT2D eigenvalue weighted by Crippen LogP contribution is 2.49. The van der Waals surface area contributed by atoms with Crippen molar-refractivity contribution < 1.29 is 123 Å². The van der Waals surface area contributed by atoms with Crippen LogP contribution >= 0.6 is 8.53 Å². The molecule has 18 atom stereocenters. The van der Waals surface area contributed by atoms with Gasteiger partial charge in [-0.25, -0.2) is 4.67 Å². The molecular formula is C75H127N8O26P. The van der Waals surface area contributed by atoms with Gasteiger partial charge in [0.2, 0.25) is 35.4 Å². The summed E-state index contributed by atoms with van der Waals surface area (Å²) in [6.07, 6.45) is -3.67. The number of amides is 6. The number of hydrogen-bond donors (Lipinski definition) is 6. The summed E-state index contributed by atoms with van der Waals surface area (Å²) >= 11 is 0. The molecule has 0 aromatic carbocycles. The highest BCUT2D eigenvalue weighted by Gasteiger charge is 2.48. The standard InChI is InChI=1S/C75H127N8O26P/c1-17-62-50(10)69(105-56(16)89)67(80-52(12)85)75(106-62)100-40-36-95-32-18-20-58(90)23-26-60(71(93)77-30-34-96-37-39-98-73-49(9)48(8)68(104-55(15)88)64(108-73)43-102-54(14)87)81-65(91)28-27-61(82-70(92)57-21-24-59(25-22-57)109-110(103-33-19-29-76)83(44(2)3)45(4)5)72(94)78-31-35-97-38-41-99-74-66(79-51(11)84)47(7)46(6)63(107-74)42-101-53(13)86/h44-50,57,59-64,66-69,73-75H,17-28,30-43H2,1-16H3,(H,77,93)(H,78,94)(H,79,84)(H,80,85)(H,81,91)(H,82,92)/t46-,47+,48-,49-,50+,57?,59?,60?,61?,62-,63-,64-,66-,67-,68-,69+,73?,74?,75?,110?/m1/s1. The molecule has 6 N–H and O–H groups in total. The second-order valence-electron chi connectivity index (χ2n) is 29.1. The third-order valence-corrected chi connectivity index (χ3v) is 21.9. The van der Waals surface area contributed by atoms with Crippen molar-refractivity contribution in [2.24, 2.45) is 35.5 Å². The number of hydrogen-bond acceptors (Lipinski definition) is 28. The van der Waals surface area contributed by atoms with Crippen molar-refractivity contribution in [2.45, 2.75) is 280 Å². The average molecular weight is 1590 g/mol. The lowest BCUT2D eigenvalue weighted by Crippen LogP contribution is -2.62. The molecule has 6 amide bonds. The minimum absolute atomic E-state index is 0.000992. The van der Waals surface area contributed by atoms with E-state index in [9.17, 15) is 58.0 Å². The smallest absolute Gasteiger partial charge is 0.303 e. The number of nitrogens with one attached hydrogen (secondary N) is 6. The Bertz CT molecular complexity index is 2900. The van der Waals surface area contributed by atoms with Crippen molar-refractivity contribution in [1.29, 1.82) is 5.26 Å². The molecule has 0 spiro atoms. The highest BCUT2D eigenvalue weighted by molar-refractivity contribution is 7.44. The second-order valence-corrected chi connectivity index (χ2v) is 30.5. The molecule has 1 aliphatic carbocycles. The van der Waals surface area contributed by atoms with Gasteiger partial charge in [-0.3, -0.25) is 52.7 Å². The summed E-state index contributed by atoms with van der Waals surface area (Å²) in [6.45, 7) is 28.0. The molecule has 0 aromatic rings. The van der Waals surface area contributed by atoms with E-state index in [4.69, 9.17) is 70.6 Å². The van der Waals surface area contributed by atoms with Gasteiger partial charge in [0.05, 0.1) is 96.3 Å². The molecule has 4 fully saturated rings. The Kier molecular flexibility index (Phi) is 45.1. The van der Waals surface area contributed by atoms with Crippen molar-refractivity contribution in [1.82, 2.24) is 36.6 Å². The first-order chi connectivity index (χ1) is 52.3. The van der Waals surface area contributed by atoms with Gasteiger partial charge in [0, 0.05) is 116 Å². The fourth-order valence-corrected chi connectivity index (χ4v) is 15.4. The van der Waals surface area contributed by atoms with Gasteiger partial charge in [-0.05, 0) is 90.9 Å². The third-order valence-electron chi connectivity index (χ3n) is 19.7. The molecule has 1 saturated carbocycles. The number of rotatable bonds is 50. The SMILES string of the molecule is CC[C@H]1OC(OCCOCCCC(=O)CCC(NC(=O)CCC(NC(=O)C2CCC(OP(OCCC#N)N(C(C)C)C(C)C)CC2)C(=O)NCCOCCOC2O[C@H](COC(C)=O)[C@H](C)[C@H](C)[C@H]2NC(C)=O)C(=O)NCCOCCOC2O[C@H](COC(C)=O)[C@H](OC(C)=O)[C@H](C)[C@H]2C)[C@H](NC(C)=O)[C@@H](OC(C)=O)[C@H]1C. The van der Waals surface area contributed by atoms with Crippen LogP contribution in [0.3, 0.4) is 0 Å². The van der Waals surface area contributed by atoms with Gasteiger partial charge in [0.1, 0.15) is 55.4 Å². The predicted molar refractivity (Wildman–Crippen MR) is 397 cm³/mol. The molecule has 0 aromatic heterocycles. The van der Waals surface area contributed by atoms with Gasteiger partial charge < -0.3 is 103 Å². The van der Waals surface area contributed by atoms with E-state index in [1.54, 1.807) is 0 Å². The first-order valence-corrected chi connectivity index (χ1v) is 40.0. The Morgan fingerprint density at radius 3 is 1.55 bits per heavy atom. The predicted octanol–water partition coefficient (Wildman–Crippen LogP) is 4.81. The minimum Gasteiger partial charge on any atom is -0.463 e. The third kappa shape index (κ3) is 34.6. The van der Waals surface area contributed by atoms with E-state index in [0.717, 1.165) is 0 Å². The zero-order valence-electron chi connectivity index (χ0n) is 67.5. The zero-order valence-corrected chi connectivity index (χ0v) is 68.4. The summed E-state index contributed by atoms with van der Waals surface area (Å²) in [6, 6.07) is -1.52. The Labute approximate surface area is 649 Å². The first-order valence-electron chi connectivity index (χ1n) is 38.9.